The van der Waals surface area contributed by atoms with E-state index in [1.807, 2.05) is 0 Å². The molecule has 130 valence electrons. The zero-order valence-electron chi connectivity index (χ0n) is 13.9. The van der Waals surface area contributed by atoms with Gasteiger partial charge in [-0.1, -0.05) is 24.3 Å². The Morgan fingerprint density at radius 2 is 1.56 bits per heavy atom. The van der Waals surface area contributed by atoms with Gasteiger partial charge in [0.1, 0.15) is 0 Å². The molecule has 0 saturated heterocycles. The summed E-state index contributed by atoms with van der Waals surface area (Å²) in [6.45, 7) is 0. The summed E-state index contributed by atoms with van der Waals surface area (Å²) in [6.07, 6.45) is 6.25. The zero-order chi connectivity index (χ0) is 17.4. The maximum Gasteiger partial charge on any atom is 0.331 e. The predicted molar refractivity (Wildman–Crippen MR) is 98.2 cm³/mol. The van der Waals surface area contributed by atoms with Gasteiger partial charge in [-0.15, -0.1) is 0 Å². The summed E-state index contributed by atoms with van der Waals surface area (Å²) in [7, 11) is -3.37. The molecule has 3 N–H and O–H groups in total. The van der Waals surface area contributed by atoms with E-state index in [0.29, 0.717) is 4.90 Å². The first kappa shape index (κ1) is 16.1. The molecule has 25 heavy (non-hydrogen) atoms. The third kappa shape index (κ3) is 3.02. The summed E-state index contributed by atoms with van der Waals surface area (Å²) in [5.74, 6) is 0. The molecule has 0 bridgehead atoms. The molecule has 0 fully saturated rings. The number of nitrogens with one attached hydrogen (secondary N) is 3. The molecule has 2 amide bonds. The number of urea groups is 1. The number of hydrogen-bond donors (Lipinski definition) is 3. The minimum Gasteiger partial charge on any atom is -0.307 e. The van der Waals surface area contributed by atoms with Crippen molar-refractivity contribution < 1.29 is 9.00 Å². The van der Waals surface area contributed by atoms with Crippen LogP contribution in [0.15, 0.2) is 41.3 Å². The number of carbonyl (C=O) groups is 1. The summed E-state index contributed by atoms with van der Waals surface area (Å²) >= 11 is 0. The molecule has 0 saturated carbocycles. The lowest BCUT2D eigenvalue weighted by molar-refractivity contribution is 0.256. The van der Waals surface area contributed by atoms with Gasteiger partial charge < -0.3 is 5.32 Å². The molecule has 2 aliphatic carbocycles. The van der Waals surface area contributed by atoms with Crippen LogP contribution in [-0.4, -0.2) is 10.2 Å². The number of anilines is 1. The minimum absolute atomic E-state index is 0.300. The number of fused-ring (bicyclic) bond motifs is 2. The SMILES string of the molecule is N=S(=O)(NC(=O)Nc1c2c(cc3c1CCC3)CCC2)c1ccccc1. The van der Waals surface area contributed by atoms with Gasteiger partial charge in [0.2, 0.25) is 0 Å². The molecule has 2 aromatic rings. The first-order valence-corrected chi connectivity index (χ1v) is 10.2. The highest BCUT2D eigenvalue weighted by Crippen LogP contribution is 2.38. The second kappa shape index (κ2) is 6.19. The number of amides is 2. The monoisotopic (exact) mass is 355 g/mol. The van der Waals surface area contributed by atoms with Crippen LogP contribution in [0.25, 0.3) is 0 Å². The van der Waals surface area contributed by atoms with Crippen LogP contribution in [0.1, 0.15) is 35.1 Å². The molecule has 0 heterocycles. The Labute approximate surface area is 147 Å². The van der Waals surface area contributed by atoms with E-state index in [1.54, 1.807) is 30.3 Å². The van der Waals surface area contributed by atoms with Gasteiger partial charge in [-0.25, -0.2) is 18.5 Å². The second-order valence-electron chi connectivity index (χ2n) is 6.66. The van der Waals surface area contributed by atoms with Crippen molar-refractivity contribution in [2.24, 2.45) is 0 Å². The minimum atomic E-state index is -3.37. The summed E-state index contributed by atoms with van der Waals surface area (Å²) in [5.41, 5.74) is 5.97. The smallest absolute Gasteiger partial charge is 0.307 e. The lowest BCUT2D eigenvalue weighted by Gasteiger charge is -2.17. The maximum atomic E-state index is 12.6. The maximum absolute atomic E-state index is 12.6. The van der Waals surface area contributed by atoms with E-state index in [4.69, 9.17) is 4.78 Å². The first-order valence-electron chi connectivity index (χ1n) is 8.64. The van der Waals surface area contributed by atoms with Crippen molar-refractivity contribution in [3.63, 3.8) is 0 Å². The van der Waals surface area contributed by atoms with Crippen LogP contribution < -0.4 is 10.0 Å². The highest BCUT2D eigenvalue weighted by molar-refractivity contribution is 7.91. The van der Waals surface area contributed by atoms with Crippen molar-refractivity contribution in [1.29, 1.82) is 4.78 Å². The Hall–Kier alpha value is -2.34. The first-order chi connectivity index (χ1) is 12.0. The Kier molecular flexibility index (Phi) is 4.00. The van der Waals surface area contributed by atoms with Gasteiger partial charge in [0.15, 0.2) is 9.92 Å². The van der Waals surface area contributed by atoms with Gasteiger partial charge >= 0.3 is 6.03 Å². The molecule has 0 radical (unpaired) electrons. The van der Waals surface area contributed by atoms with Crippen molar-refractivity contribution in [2.45, 2.75) is 43.4 Å². The molecule has 6 heteroatoms. The molecule has 0 aromatic heterocycles. The van der Waals surface area contributed by atoms with E-state index < -0.39 is 15.9 Å². The third-order valence-electron chi connectivity index (χ3n) is 5.02. The summed E-state index contributed by atoms with van der Waals surface area (Å²) < 4.78 is 22.9. The van der Waals surface area contributed by atoms with Gasteiger partial charge in [-0.05, 0) is 72.9 Å². The summed E-state index contributed by atoms with van der Waals surface area (Å²) in [5, 5.41) is 2.92. The van der Waals surface area contributed by atoms with E-state index in [2.05, 4.69) is 16.1 Å². The van der Waals surface area contributed by atoms with Crippen molar-refractivity contribution in [1.82, 2.24) is 4.72 Å². The van der Waals surface area contributed by atoms with Crippen LogP contribution in [0.3, 0.4) is 0 Å². The normalized spacial score (nSPS) is 17.4. The van der Waals surface area contributed by atoms with Gasteiger partial charge in [0.05, 0.1) is 4.90 Å². The molecule has 5 nitrogen and oxygen atoms in total. The quantitative estimate of drug-likeness (QED) is 0.782. The summed E-state index contributed by atoms with van der Waals surface area (Å²) in [6, 6.07) is 10.1. The average Bonchev–Trinajstić information content (AvgIpc) is 3.24. The standard InChI is InChI=1S/C19H21N3O2S/c20-25(24,15-8-2-1-3-9-15)22-19(23)21-18-16-10-4-6-13(16)12-14-7-5-11-17(14)18/h1-3,8-9,12H,4-7,10-11H2,(H3,20,21,22,23,24). The lowest BCUT2D eigenvalue weighted by Crippen LogP contribution is -2.34. The van der Waals surface area contributed by atoms with Crippen LogP contribution >= 0.6 is 0 Å². The average molecular weight is 355 g/mol. The molecule has 4 rings (SSSR count). The van der Waals surface area contributed by atoms with E-state index >= 15 is 0 Å². The molecule has 2 aromatic carbocycles. The fourth-order valence-corrected chi connectivity index (χ4v) is 4.88. The van der Waals surface area contributed by atoms with E-state index in [9.17, 15) is 9.00 Å². The fraction of sp³-hybridized carbons (Fsp3) is 0.316. The number of hydrogen-bond acceptors (Lipinski definition) is 3. The van der Waals surface area contributed by atoms with Crippen LogP contribution in [-0.2, 0) is 35.6 Å². The molecule has 1 unspecified atom stereocenters. The molecular formula is C19H21N3O2S. The van der Waals surface area contributed by atoms with E-state index in [0.717, 1.165) is 44.2 Å². The van der Waals surface area contributed by atoms with Crippen LogP contribution in [0.4, 0.5) is 10.5 Å². The van der Waals surface area contributed by atoms with Crippen molar-refractivity contribution in [2.75, 3.05) is 5.32 Å². The number of benzene rings is 2. The predicted octanol–water partition coefficient (Wildman–Crippen LogP) is 3.81. The van der Waals surface area contributed by atoms with Crippen molar-refractivity contribution in [3.05, 3.63) is 58.7 Å². The molecule has 2 aliphatic rings. The van der Waals surface area contributed by atoms with Gasteiger partial charge in [0.25, 0.3) is 0 Å². The topological polar surface area (TPSA) is 82.1 Å². The van der Waals surface area contributed by atoms with Crippen LogP contribution in [0.2, 0.25) is 0 Å². The fourth-order valence-electron chi connectivity index (χ4n) is 3.91. The lowest BCUT2D eigenvalue weighted by atomic mass is 9.99. The van der Waals surface area contributed by atoms with Gasteiger partial charge in [-0.2, -0.15) is 0 Å². The zero-order valence-corrected chi connectivity index (χ0v) is 14.7. The Morgan fingerprint density at radius 1 is 0.960 bits per heavy atom. The van der Waals surface area contributed by atoms with Crippen LogP contribution in [0, 0.1) is 4.78 Å². The Bertz CT molecular complexity index is 905. The third-order valence-corrected chi connectivity index (χ3v) is 6.43. The van der Waals surface area contributed by atoms with Crippen molar-refractivity contribution >= 4 is 21.6 Å². The van der Waals surface area contributed by atoms with Crippen LogP contribution in [0.5, 0.6) is 0 Å². The molecule has 0 aliphatic heterocycles. The Morgan fingerprint density at radius 3 is 2.16 bits per heavy atom. The van der Waals surface area contributed by atoms with E-state index in [1.165, 1.54) is 22.3 Å². The summed E-state index contributed by atoms with van der Waals surface area (Å²) in [4.78, 5) is 12.8. The Balaban J connectivity index is 1.60. The molecular weight excluding hydrogens is 334 g/mol. The molecule has 1 atom stereocenters. The van der Waals surface area contributed by atoms with Crippen molar-refractivity contribution in [3.8, 4) is 0 Å². The largest absolute Gasteiger partial charge is 0.331 e. The number of carbonyl (C=O) groups excluding carboxylic acids is 1. The number of rotatable bonds is 3. The highest BCUT2D eigenvalue weighted by Gasteiger charge is 2.25. The van der Waals surface area contributed by atoms with Gasteiger partial charge in [0, 0.05) is 5.69 Å². The number of aryl methyl sites for hydroxylation is 2. The second-order valence-corrected chi connectivity index (χ2v) is 8.45. The van der Waals surface area contributed by atoms with Gasteiger partial charge in [-0.3, -0.25) is 0 Å². The van der Waals surface area contributed by atoms with E-state index in [-0.39, 0.29) is 0 Å². The molecule has 0 spiro atoms. The highest BCUT2D eigenvalue weighted by atomic mass is 32.2.